The van der Waals surface area contributed by atoms with Crippen molar-refractivity contribution in [2.45, 2.75) is 51.9 Å². The summed E-state index contributed by atoms with van der Waals surface area (Å²) < 4.78 is 0. The maximum absolute atomic E-state index is 2.51. The summed E-state index contributed by atoms with van der Waals surface area (Å²) in [6.07, 6.45) is 16.0. The zero-order chi connectivity index (χ0) is 43.6. The van der Waals surface area contributed by atoms with Crippen LogP contribution in [0.1, 0.15) is 56.2 Å². The topological polar surface area (TPSA) is 3.24 Å². The van der Waals surface area contributed by atoms with Crippen LogP contribution in [0.2, 0.25) is 0 Å². The Morgan fingerprint density at radius 2 is 1.03 bits per heavy atom. The van der Waals surface area contributed by atoms with Gasteiger partial charge in [0.1, 0.15) is 0 Å². The lowest BCUT2D eigenvalue weighted by atomic mass is 9.80. The van der Waals surface area contributed by atoms with E-state index in [-0.39, 0.29) is 5.41 Å². The maximum Gasteiger partial charge on any atom is 0.0493 e. The highest BCUT2D eigenvalue weighted by Gasteiger charge is 2.36. The van der Waals surface area contributed by atoms with Gasteiger partial charge in [0, 0.05) is 22.5 Å². The van der Waals surface area contributed by atoms with E-state index in [0.29, 0.717) is 0 Å². The summed E-state index contributed by atoms with van der Waals surface area (Å²) >= 11 is 0. The number of anilines is 2. The quantitative estimate of drug-likeness (QED) is 0.145. The molecule has 0 heterocycles. The van der Waals surface area contributed by atoms with Crippen molar-refractivity contribution in [3.05, 3.63) is 240 Å². The van der Waals surface area contributed by atoms with E-state index >= 15 is 0 Å². The van der Waals surface area contributed by atoms with Gasteiger partial charge in [-0.3, -0.25) is 0 Å². The van der Waals surface area contributed by atoms with Crippen LogP contribution in [-0.2, 0) is 5.41 Å². The van der Waals surface area contributed by atoms with E-state index < -0.39 is 0 Å². The molecule has 312 valence electrons. The second-order valence-electron chi connectivity index (χ2n) is 18.7. The van der Waals surface area contributed by atoms with E-state index in [2.05, 4.69) is 232 Å². The van der Waals surface area contributed by atoms with Gasteiger partial charge in [-0.1, -0.05) is 172 Å². The Labute approximate surface area is 383 Å². The van der Waals surface area contributed by atoms with Crippen LogP contribution in [0.5, 0.6) is 0 Å². The fraction of sp³-hybridized carbons (Fsp3) is 0.125. The third-order valence-corrected chi connectivity index (χ3v) is 14.5. The fourth-order valence-electron chi connectivity index (χ4n) is 11.0. The maximum atomic E-state index is 2.51. The normalized spacial score (nSPS) is 15.1. The average molecular weight is 834 g/mol. The van der Waals surface area contributed by atoms with Crippen molar-refractivity contribution < 1.29 is 0 Å². The second-order valence-corrected chi connectivity index (χ2v) is 18.7. The molecule has 12 rings (SSSR count). The summed E-state index contributed by atoms with van der Waals surface area (Å²) in [6.45, 7) is 7.07. The molecule has 0 unspecified atom stereocenters. The Morgan fingerprint density at radius 3 is 1.71 bits per heavy atom. The minimum atomic E-state index is -0.151. The van der Waals surface area contributed by atoms with Gasteiger partial charge < -0.3 is 4.90 Å². The molecule has 0 saturated carbocycles. The van der Waals surface area contributed by atoms with E-state index in [1.165, 1.54) is 122 Å². The summed E-state index contributed by atoms with van der Waals surface area (Å²) in [5.41, 5.74) is 20.5. The lowest BCUT2D eigenvalue weighted by Crippen LogP contribution is -2.19. The van der Waals surface area contributed by atoms with Gasteiger partial charge in [0.05, 0.1) is 0 Å². The predicted molar refractivity (Wildman–Crippen MR) is 278 cm³/mol. The number of fused-ring (bicyclic) bond motifs is 9. The van der Waals surface area contributed by atoms with E-state index in [4.69, 9.17) is 0 Å². The molecule has 0 aliphatic heterocycles. The molecule has 9 aromatic carbocycles. The molecule has 0 bridgehead atoms. The first kappa shape index (κ1) is 39.1. The molecule has 1 nitrogen and oxygen atoms in total. The molecule has 0 fully saturated rings. The van der Waals surface area contributed by atoms with Crippen LogP contribution in [0.4, 0.5) is 11.4 Å². The largest absolute Gasteiger partial charge is 0.314 e. The molecule has 9 aromatic rings. The smallest absolute Gasteiger partial charge is 0.0493 e. The Kier molecular flexibility index (Phi) is 9.42. The predicted octanol–water partition coefficient (Wildman–Crippen LogP) is 17.8. The minimum absolute atomic E-state index is 0.151. The van der Waals surface area contributed by atoms with Crippen LogP contribution in [-0.4, -0.2) is 0 Å². The van der Waals surface area contributed by atoms with Gasteiger partial charge in [-0.25, -0.2) is 0 Å². The summed E-state index contributed by atoms with van der Waals surface area (Å²) in [7, 11) is 0. The number of hydrogen-bond acceptors (Lipinski definition) is 1. The Balaban J connectivity index is 0.921. The zero-order valence-electron chi connectivity index (χ0n) is 37.4. The van der Waals surface area contributed by atoms with Crippen LogP contribution >= 0.6 is 0 Å². The molecular formula is C64H51N. The van der Waals surface area contributed by atoms with Gasteiger partial charge in [-0.15, -0.1) is 0 Å². The monoisotopic (exact) mass is 833 g/mol. The Bertz CT molecular complexity index is 3500. The third-order valence-electron chi connectivity index (χ3n) is 14.5. The number of aryl methyl sites for hydroxylation is 1. The van der Waals surface area contributed by atoms with E-state index in [1.54, 1.807) is 0 Å². The summed E-state index contributed by atoms with van der Waals surface area (Å²) in [6, 6.07) is 65.9. The number of rotatable bonds is 7. The Morgan fingerprint density at radius 1 is 0.446 bits per heavy atom. The highest BCUT2D eigenvalue weighted by Crippen LogP contribution is 2.52. The molecule has 0 aromatic heterocycles. The lowest BCUT2D eigenvalue weighted by molar-refractivity contribution is 0.661. The van der Waals surface area contributed by atoms with Crippen LogP contribution in [0.3, 0.4) is 0 Å². The third kappa shape index (κ3) is 6.69. The highest BCUT2D eigenvalue weighted by atomic mass is 15.2. The van der Waals surface area contributed by atoms with Gasteiger partial charge >= 0.3 is 0 Å². The van der Waals surface area contributed by atoms with Crippen molar-refractivity contribution in [1.82, 2.24) is 0 Å². The number of nitrogens with zero attached hydrogens (tertiary/aromatic N) is 1. The number of benzene rings is 9. The van der Waals surface area contributed by atoms with E-state index in [0.717, 1.165) is 25.7 Å². The molecule has 0 spiro atoms. The second kappa shape index (κ2) is 15.6. The highest BCUT2D eigenvalue weighted by molar-refractivity contribution is 6.26. The molecule has 3 aliphatic rings. The first-order valence-corrected chi connectivity index (χ1v) is 23.4. The molecule has 0 radical (unpaired) electrons. The summed E-state index contributed by atoms with van der Waals surface area (Å²) in [5, 5.41) is 7.94. The SMILES string of the molecule is Cc1ccc(-c2cccc(-c3ccc4c(c3)C(C)(C)c3cc5c6ccccc6c6ccccc6c5cc3-4)c2)cc1N(C1=CC=C(C2=CCCC=C2)CC1)c1ccc(-c2ccccc2)cc1. The minimum Gasteiger partial charge on any atom is -0.314 e. The first-order valence-electron chi connectivity index (χ1n) is 23.4. The first-order chi connectivity index (χ1) is 31.9. The van der Waals surface area contributed by atoms with Crippen molar-refractivity contribution >= 4 is 43.7 Å². The van der Waals surface area contributed by atoms with Crippen LogP contribution in [0, 0.1) is 6.92 Å². The van der Waals surface area contributed by atoms with Crippen molar-refractivity contribution in [3.63, 3.8) is 0 Å². The van der Waals surface area contributed by atoms with E-state index in [9.17, 15) is 0 Å². The lowest BCUT2D eigenvalue weighted by Gasteiger charge is -2.32. The fourth-order valence-corrected chi connectivity index (χ4v) is 11.0. The molecular weight excluding hydrogens is 783 g/mol. The van der Waals surface area contributed by atoms with Crippen molar-refractivity contribution in [1.29, 1.82) is 0 Å². The standard InChI is InChI=1S/C64H51N/c1-42-25-26-50(39-63(42)65(51-32-27-45(28-33-51)43-15-6-4-7-16-43)52-34-29-46(30-35-52)44-17-8-5-9-18-44)48-20-14-19-47(37-48)49-31-36-57-60-40-58-55-23-12-10-21-53(55)54-22-11-13-24-56(54)59(58)41-62(60)64(2,3)61(57)38-49/h4,6-8,10-29,31-34,36-41H,5,9,30,35H2,1-3H3. The molecule has 0 amide bonds. The van der Waals surface area contributed by atoms with Crippen molar-refractivity contribution in [3.8, 4) is 44.5 Å². The molecule has 1 heteroatoms. The van der Waals surface area contributed by atoms with Crippen LogP contribution < -0.4 is 4.90 Å². The van der Waals surface area contributed by atoms with Crippen LogP contribution in [0.15, 0.2) is 223 Å². The van der Waals surface area contributed by atoms with Crippen molar-refractivity contribution in [2.75, 3.05) is 4.90 Å². The molecule has 0 atom stereocenters. The molecule has 65 heavy (non-hydrogen) atoms. The van der Waals surface area contributed by atoms with E-state index in [1.807, 2.05) is 0 Å². The molecule has 3 aliphatic carbocycles. The van der Waals surface area contributed by atoms with Crippen LogP contribution in [0.25, 0.3) is 76.8 Å². The summed E-state index contributed by atoms with van der Waals surface area (Å²) in [5.74, 6) is 0. The van der Waals surface area contributed by atoms with Gasteiger partial charge in [-0.05, 0) is 186 Å². The van der Waals surface area contributed by atoms with Gasteiger partial charge in [0.15, 0.2) is 0 Å². The summed E-state index contributed by atoms with van der Waals surface area (Å²) in [4.78, 5) is 2.51. The van der Waals surface area contributed by atoms with Gasteiger partial charge in [0.25, 0.3) is 0 Å². The number of hydrogen-bond donors (Lipinski definition) is 0. The number of allylic oxidation sites excluding steroid dienone is 8. The average Bonchev–Trinajstić information content (AvgIpc) is 3.59. The van der Waals surface area contributed by atoms with Gasteiger partial charge in [0.2, 0.25) is 0 Å². The molecule has 0 N–H and O–H groups in total. The van der Waals surface area contributed by atoms with Crippen molar-refractivity contribution in [2.24, 2.45) is 0 Å². The molecule has 0 saturated heterocycles. The van der Waals surface area contributed by atoms with Gasteiger partial charge in [-0.2, -0.15) is 0 Å². The zero-order valence-corrected chi connectivity index (χ0v) is 37.4. The Hall–Kier alpha value is -7.48.